The van der Waals surface area contributed by atoms with E-state index >= 15 is 0 Å². The van der Waals surface area contributed by atoms with Crippen LogP contribution in [0.15, 0.2) is 42.5 Å². The fourth-order valence-corrected chi connectivity index (χ4v) is 2.18. The molecule has 0 bridgehead atoms. The number of esters is 1. The zero-order valence-corrected chi connectivity index (χ0v) is 14.5. The molecule has 0 heterocycles. The van der Waals surface area contributed by atoms with Crippen molar-refractivity contribution in [3.8, 4) is 5.75 Å². The van der Waals surface area contributed by atoms with Crippen LogP contribution in [0.4, 0.5) is 10.1 Å². The molecule has 2 aromatic rings. The van der Waals surface area contributed by atoms with E-state index in [2.05, 4.69) is 5.32 Å². The topological polar surface area (TPSA) is 81.7 Å². The number of Topliss-reactive ketones (excluding diaryl/α,β-unsaturated/α-hetero) is 1. The highest BCUT2D eigenvalue weighted by Crippen LogP contribution is 2.23. The van der Waals surface area contributed by atoms with Gasteiger partial charge < -0.3 is 14.8 Å². The van der Waals surface area contributed by atoms with Crippen molar-refractivity contribution in [3.05, 3.63) is 58.9 Å². The van der Waals surface area contributed by atoms with E-state index in [1.54, 1.807) is 24.3 Å². The van der Waals surface area contributed by atoms with Crippen molar-refractivity contribution in [3.63, 3.8) is 0 Å². The van der Waals surface area contributed by atoms with E-state index in [0.29, 0.717) is 10.8 Å². The van der Waals surface area contributed by atoms with Gasteiger partial charge in [0.05, 0.1) is 10.6 Å². The molecule has 1 amide bonds. The minimum atomic E-state index is -0.829. The van der Waals surface area contributed by atoms with Crippen LogP contribution in [0.3, 0.4) is 0 Å². The third-order valence-electron chi connectivity index (χ3n) is 3.14. The highest BCUT2D eigenvalue weighted by atomic mass is 35.5. The van der Waals surface area contributed by atoms with Crippen molar-refractivity contribution >= 4 is 34.9 Å². The lowest BCUT2D eigenvalue weighted by molar-refractivity contribution is -0.144. The summed E-state index contributed by atoms with van der Waals surface area (Å²) in [4.78, 5) is 34.5. The van der Waals surface area contributed by atoms with Crippen molar-refractivity contribution in [1.29, 1.82) is 0 Å². The van der Waals surface area contributed by atoms with Gasteiger partial charge >= 0.3 is 5.97 Å². The Balaban J connectivity index is 1.87. The predicted octanol–water partition coefficient (Wildman–Crippen LogP) is 3.24. The molecule has 0 aliphatic rings. The third-order valence-corrected chi connectivity index (χ3v) is 3.45. The maximum atomic E-state index is 13.9. The van der Waals surface area contributed by atoms with E-state index in [1.807, 2.05) is 0 Å². The lowest BCUT2D eigenvalue weighted by atomic mass is 10.1. The minimum Gasteiger partial charge on any atom is -0.480 e. The van der Waals surface area contributed by atoms with Gasteiger partial charge in [0.25, 0.3) is 0 Å². The molecule has 0 unspecified atom stereocenters. The Labute approximate surface area is 153 Å². The molecule has 0 aliphatic carbocycles. The van der Waals surface area contributed by atoms with Crippen LogP contribution >= 0.6 is 11.6 Å². The molecule has 2 rings (SSSR count). The average Bonchev–Trinajstić information content (AvgIpc) is 2.58. The number of amides is 1. The lowest BCUT2D eigenvalue weighted by Gasteiger charge is -2.09. The van der Waals surface area contributed by atoms with Crippen LogP contribution in [0.1, 0.15) is 17.3 Å². The summed E-state index contributed by atoms with van der Waals surface area (Å²) in [5.41, 5.74) is -0.0318. The average molecular weight is 380 g/mol. The van der Waals surface area contributed by atoms with E-state index < -0.39 is 30.8 Å². The largest absolute Gasteiger partial charge is 0.480 e. The molecule has 8 heteroatoms. The van der Waals surface area contributed by atoms with E-state index in [0.717, 1.165) is 6.07 Å². The summed E-state index contributed by atoms with van der Waals surface area (Å²) in [6.45, 7) is 0.198. The first-order valence-electron chi connectivity index (χ1n) is 7.50. The third kappa shape index (κ3) is 5.56. The Morgan fingerprint density at radius 1 is 1.12 bits per heavy atom. The van der Waals surface area contributed by atoms with Gasteiger partial charge in [-0.1, -0.05) is 23.7 Å². The predicted molar refractivity (Wildman–Crippen MR) is 92.9 cm³/mol. The highest BCUT2D eigenvalue weighted by molar-refractivity contribution is 6.32. The summed E-state index contributed by atoms with van der Waals surface area (Å²) in [6.07, 6.45) is 0. The number of carbonyl (C=O) groups excluding carboxylic acids is 3. The monoisotopic (exact) mass is 379 g/mol. The molecule has 6 nitrogen and oxygen atoms in total. The van der Waals surface area contributed by atoms with Gasteiger partial charge in [-0.2, -0.15) is 0 Å². The van der Waals surface area contributed by atoms with Crippen molar-refractivity contribution in [2.75, 3.05) is 18.5 Å². The first-order valence-corrected chi connectivity index (χ1v) is 7.88. The fraction of sp³-hybridized carbons (Fsp3) is 0.167. The van der Waals surface area contributed by atoms with Crippen LogP contribution in [0.25, 0.3) is 0 Å². The van der Waals surface area contributed by atoms with Crippen LogP contribution in [0.2, 0.25) is 5.02 Å². The molecule has 136 valence electrons. The zero-order valence-electron chi connectivity index (χ0n) is 13.8. The number of rotatable bonds is 7. The fourth-order valence-electron chi connectivity index (χ4n) is 1.99. The van der Waals surface area contributed by atoms with Gasteiger partial charge in [-0.3, -0.25) is 9.59 Å². The number of para-hydroxylation sites is 1. The number of hydrogen-bond acceptors (Lipinski definition) is 5. The first kappa shape index (κ1) is 19.4. The smallest absolute Gasteiger partial charge is 0.344 e. The highest BCUT2D eigenvalue weighted by Gasteiger charge is 2.15. The molecule has 0 aromatic heterocycles. The van der Waals surface area contributed by atoms with E-state index in [-0.39, 0.29) is 17.2 Å². The molecule has 0 saturated heterocycles. The Kier molecular flexibility index (Phi) is 6.68. The molecule has 0 atom stereocenters. The summed E-state index contributed by atoms with van der Waals surface area (Å²) in [7, 11) is 0. The summed E-state index contributed by atoms with van der Waals surface area (Å²) in [5.74, 6) is -2.41. The maximum Gasteiger partial charge on any atom is 0.344 e. The maximum absolute atomic E-state index is 13.9. The molecule has 26 heavy (non-hydrogen) atoms. The molecule has 0 radical (unpaired) electrons. The summed E-state index contributed by atoms with van der Waals surface area (Å²) in [5, 5.41) is 2.73. The van der Waals surface area contributed by atoms with Crippen molar-refractivity contribution in [2.45, 2.75) is 6.92 Å². The molecule has 0 fully saturated rings. The van der Waals surface area contributed by atoms with Crippen LogP contribution in [0.5, 0.6) is 5.75 Å². The molecule has 2 aromatic carbocycles. The van der Waals surface area contributed by atoms with Crippen LogP contribution in [-0.2, 0) is 14.3 Å². The summed E-state index contributed by atoms with van der Waals surface area (Å²) < 4.78 is 23.9. The second-order valence-electron chi connectivity index (χ2n) is 5.18. The lowest BCUT2D eigenvalue weighted by Crippen LogP contribution is -2.20. The van der Waals surface area contributed by atoms with E-state index in [9.17, 15) is 18.8 Å². The number of hydrogen-bond donors (Lipinski definition) is 1. The Morgan fingerprint density at radius 3 is 2.50 bits per heavy atom. The van der Waals surface area contributed by atoms with Gasteiger partial charge in [0, 0.05) is 12.6 Å². The number of ketones is 1. The van der Waals surface area contributed by atoms with E-state index in [4.69, 9.17) is 21.1 Å². The second-order valence-corrected chi connectivity index (χ2v) is 5.59. The molecular formula is C18H15ClFNO5. The Hall–Kier alpha value is -2.93. The number of halogens is 2. The number of ether oxygens (including phenoxy) is 2. The Morgan fingerprint density at radius 2 is 1.85 bits per heavy atom. The summed E-state index contributed by atoms with van der Waals surface area (Å²) in [6, 6.07) is 10.2. The number of carbonyl (C=O) groups is 3. The zero-order chi connectivity index (χ0) is 19.1. The summed E-state index contributed by atoms with van der Waals surface area (Å²) >= 11 is 5.88. The quantitative estimate of drug-likeness (QED) is 0.590. The Bertz CT molecular complexity index is 840. The van der Waals surface area contributed by atoms with Crippen LogP contribution < -0.4 is 10.1 Å². The standard InChI is InChI=1S/C18H15ClFNO5/c1-11(22)21-12-6-7-13(15(20)8-12)16(23)9-26-18(24)10-25-17-5-3-2-4-14(17)19/h2-8H,9-10H2,1H3,(H,21,22). The number of nitrogens with one attached hydrogen (secondary N) is 1. The van der Waals surface area contributed by atoms with E-state index in [1.165, 1.54) is 19.1 Å². The normalized spacial score (nSPS) is 10.1. The van der Waals surface area contributed by atoms with Crippen molar-refractivity contribution < 1.29 is 28.2 Å². The van der Waals surface area contributed by atoms with Gasteiger partial charge in [-0.25, -0.2) is 9.18 Å². The van der Waals surface area contributed by atoms with Crippen LogP contribution in [0, 0.1) is 5.82 Å². The van der Waals surface area contributed by atoms with Gasteiger partial charge in [0.2, 0.25) is 11.7 Å². The minimum absolute atomic E-state index is 0.219. The molecule has 0 saturated carbocycles. The van der Waals surface area contributed by atoms with Gasteiger partial charge in [-0.05, 0) is 30.3 Å². The van der Waals surface area contributed by atoms with Crippen LogP contribution in [-0.4, -0.2) is 30.9 Å². The second kappa shape index (κ2) is 8.96. The molecular weight excluding hydrogens is 365 g/mol. The molecule has 1 N–H and O–H groups in total. The SMILES string of the molecule is CC(=O)Nc1ccc(C(=O)COC(=O)COc2ccccc2Cl)c(F)c1. The number of benzene rings is 2. The van der Waals surface area contributed by atoms with Gasteiger partial charge in [-0.15, -0.1) is 0 Å². The van der Waals surface area contributed by atoms with Gasteiger partial charge in [0.15, 0.2) is 13.2 Å². The molecule has 0 spiro atoms. The molecule has 0 aliphatic heterocycles. The van der Waals surface area contributed by atoms with Gasteiger partial charge in [0.1, 0.15) is 11.6 Å². The van der Waals surface area contributed by atoms with Crippen molar-refractivity contribution in [1.82, 2.24) is 0 Å². The number of anilines is 1. The van der Waals surface area contributed by atoms with Crippen molar-refractivity contribution in [2.24, 2.45) is 0 Å². The first-order chi connectivity index (χ1) is 12.4.